The van der Waals surface area contributed by atoms with Crippen LogP contribution in [0.1, 0.15) is 35.5 Å². The Bertz CT molecular complexity index is 734. The topological polar surface area (TPSA) is 70.6 Å². The normalized spacial score (nSPS) is 15.7. The lowest BCUT2D eigenvalue weighted by atomic mass is 9.93. The van der Waals surface area contributed by atoms with E-state index in [4.69, 9.17) is 0 Å². The fraction of sp³-hybridized carbons (Fsp3) is 0.529. The summed E-state index contributed by atoms with van der Waals surface area (Å²) in [4.78, 5) is 6.62. The van der Waals surface area contributed by atoms with E-state index in [1.165, 1.54) is 0 Å². The first kappa shape index (κ1) is 15.5. The molecular formula is C17H22N6. The summed E-state index contributed by atoms with van der Waals surface area (Å²) in [6.45, 7) is 5.67. The number of aryl methyl sites for hydroxylation is 2. The fourth-order valence-electron chi connectivity index (χ4n) is 3.15. The lowest BCUT2D eigenvalue weighted by Gasteiger charge is -2.33. The zero-order valence-electron chi connectivity index (χ0n) is 14.0. The Morgan fingerprint density at radius 2 is 2.00 bits per heavy atom. The van der Waals surface area contributed by atoms with E-state index in [-0.39, 0.29) is 0 Å². The van der Waals surface area contributed by atoms with E-state index in [9.17, 15) is 5.26 Å². The zero-order valence-corrected chi connectivity index (χ0v) is 14.0. The minimum atomic E-state index is 0.636. The van der Waals surface area contributed by atoms with Crippen molar-refractivity contribution in [1.82, 2.24) is 19.7 Å². The number of imidazole rings is 1. The van der Waals surface area contributed by atoms with Crippen LogP contribution < -0.4 is 4.90 Å². The molecule has 23 heavy (non-hydrogen) atoms. The van der Waals surface area contributed by atoms with Gasteiger partial charge in [-0.25, -0.2) is 4.98 Å². The molecule has 0 N–H and O–H groups in total. The molecule has 0 unspecified atom stereocenters. The van der Waals surface area contributed by atoms with Gasteiger partial charge < -0.3 is 9.47 Å². The van der Waals surface area contributed by atoms with Crippen molar-refractivity contribution < 1.29 is 0 Å². The van der Waals surface area contributed by atoms with Crippen LogP contribution in [0.25, 0.3) is 0 Å². The first-order valence-corrected chi connectivity index (χ1v) is 8.05. The first-order valence-electron chi connectivity index (χ1n) is 8.05. The smallest absolute Gasteiger partial charge is 0.169 e. The van der Waals surface area contributed by atoms with Crippen molar-refractivity contribution in [3.8, 4) is 6.07 Å². The van der Waals surface area contributed by atoms with Gasteiger partial charge in [-0.2, -0.15) is 10.4 Å². The number of hydrogen-bond acceptors (Lipinski definition) is 5. The highest BCUT2D eigenvalue weighted by molar-refractivity contribution is 5.57. The van der Waals surface area contributed by atoms with Crippen LogP contribution in [0, 0.1) is 31.1 Å². The van der Waals surface area contributed by atoms with Crippen molar-refractivity contribution in [2.45, 2.75) is 33.1 Å². The lowest BCUT2D eigenvalue weighted by molar-refractivity contribution is 0.391. The van der Waals surface area contributed by atoms with Crippen LogP contribution in [0.3, 0.4) is 0 Å². The second kappa shape index (κ2) is 6.37. The highest BCUT2D eigenvalue weighted by atomic mass is 15.3. The summed E-state index contributed by atoms with van der Waals surface area (Å²) in [5.41, 5.74) is 2.43. The fourth-order valence-corrected chi connectivity index (χ4v) is 3.15. The number of aromatic nitrogens is 4. The second-order valence-electron chi connectivity index (χ2n) is 6.31. The molecule has 0 atom stereocenters. The molecule has 0 spiro atoms. The summed E-state index contributed by atoms with van der Waals surface area (Å²) in [5, 5.41) is 17.9. The van der Waals surface area contributed by atoms with Crippen LogP contribution in [0.15, 0.2) is 12.4 Å². The monoisotopic (exact) mass is 310 g/mol. The third kappa shape index (κ3) is 3.04. The predicted octanol–water partition coefficient (Wildman–Crippen LogP) is 2.16. The molecule has 120 valence electrons. The van der Waals surface area contributed by atoms with E-state index in [1.807, 2.05) is 33.3 Å². The van der Waals surface area contributed by atoms with Gasteiger partial charge in [0, 0.05) is 39.0 Å². The number of nitriles is 1. The molecule has 3 rings (SSSR count). The molecule has 0 aromatic carbocycles. The second-order valence-corrected chi connectivity index (χ2v) is 6.31. The molecule has 2 aromatic rings. The molecule has 1 aliphatic heterocycles. The maximum atomic E-state index is 9.45. The third-order valence-electron chi connectivity index (χ3n) is 4.85. The Labute approximate surface area is 136 Å². The molecule has 2 aromatic heterocycles. The van der Waals surface area contributed by atoms with Gasteiger partial charge in [0.1, 0.15) is 17.5 Å². The van der Waals surface area contributed by atoms with Crippen LogP contribution in [0.5, 0.6) is 0 Å². The van der Waals surface area contributed by atoms with Crippen LogP contribution in [0.4, 0.5) is 5.82 Å². The molecule has 6 nitrogen and oxygen atoms in total. The van der Waals surface area contributed by atoms with E-state index in [1.54, 1.807) is 0 Å². The molecule has 1 fully saturated rings. The van der Waals surface area contributed by atoms with E-state index in [0.717, 1.165) is 55.3 Å². The average Bonchev–Trinajstić information content (AvgIpc) is 2.96. The van der Waals surface area contributed by atoms with Gasteiger partial charge in [-0.15, -0.1) is 5.10 Å². The van der Waals surface area contributed by atoms with Crippen LogP contribution in [-0.2, 0) is 13.5 Å². The van der Waals surface area contributed by atoms with Crippen LogP contribution >= 0.6 is 0 Å². The van der Waals surface area contributed by atoms with E-state index in [2.05, 4.69) is 30.7 Å². The van der Waals surface area contributed by atoms with Gasteiger partial charge in [-0.05, 0) is 38.2 Å². The third-order valence-corrected chi connectivity index (χ3v) is 4.85. The van der Waals surface area contributed by atoms with Crippen molar-refractivity contribution in [1.29, 1.82) is 5.26 Å². The summed E-state index contributed by atoms with van der Waals surface area (Å²) in [6, 6.07) is 2.30. The molecule has 0 amide bonds. The van der Waals surface area contributed by atoms with Gasteiger partial charge >= 0.3 is 0 Å². The summed E-state index contributed by atoms with van der Waals surface area (Å²) in [6.07, 6.45) is 7.04. The Morgan fingerprint density at radius 3 is 2.61 bits per heavy atom. The maximum Gasteiger partial charge on any atom is 0.169 e. The minimum absolute atomic E-state index is 0.636. The van der Waals surface area contributed by atoms with Crippen LogP contribution in [0.2, 0.25) is 0 Å². The molecule has 0 aliphatic carbocycles. The van der Waals surface area contributed by atoms with Gasteiger partial charge in [0.25, 0.3) is 0 Å². The Balaban J connectivity index is 1.69. The van der Waals surface area contributed by atoms with Gasteiger partial charge in [0.15, 0.2) is 5.82 Å². The molecule has 1 saturated heterocycles. The number of nitrogens with zero attached hydrogens (tertiary/aromatic N) is 6. The molecule has 0 saturated carbocycles. The molecule has 1 aliphatic rings. The molecule has 6 heteroatoms. The number of anilines is 1. The van der Waals surface area contributed by atoms with Crippen molar-refractivity contribution in [2.24, 2.45) is 13.0 Å². The molecule has 0 bridgehead atoms. The van der Waals surface area contributed by atoms with E-state index in [0.29, 0.717) is 11.5 Å². The zero-order chi connectivity index (χ0) is 16.4. The quantitative estimate of drug-likeness (QED) is 0.869. The van der Waals surface area contributed by atoms with Gasteiger partial charge in [0.2, 0.25) is 0 Å². The summed E-state index contributed by atoms with van der Waals surface area (Å²) >= 11 is 0. The molecule has 3 heterocycles. The first-order chi connectivity index (χ1) is 11.1. The van der Waals surface area contributed by atoms with Gasteiger partial charge in [0.05, 0.1) is 5.69 Å². The maximum absolute atomic E-state index is 9.45. The van der Waals surface area contributed by atoms with E-state index >= 15 is 0 Å². The van der Waals surface area contributed by atoms with Crippen molar-refractivity contribution in [3.05, 3.63) is 35.0 Å². The highest BCUT2D eigenvalue weighted by Crippen LogP contribution is 2.27. The molecule has 0 radical (unpaired) electrons. The SMILES string of the molecule is Cc1nnc(N2CCC(Cc3nccn3C)CC2)c(C#N)c1C. The van der Waals surface area contributed by atoms with Crippen molar-refractivity contribution in [2.75, 3.05) is 18.0 Å². The summed E-state index contributed by atoms with van der Waals surface area (Å²) < 4.78 is 2.09. The number of rotatable bonds is 3. The molecular weight excluding hydrogens is 288 g/mol. The largest absolute Gasteiger partial charge is 0.354 e. The van der Waals surface area contributed by atoms with Gasteiger partial charge in [-0.3, -0.25) is 0 Å². The summed E-state index contributed by atoms with van der Waals surface area (Å²) in [7, 11) is 2.04. The van der Waals surface area contributed by atoms with Gasteiger partial charge in [-0.1, -0.05) is 0 Å². The number of piperidine rings is 1. The predicted molar refractivity (Wildman–Crippen MR) is 88.1 cm³/mol. The number of hydrogen-bond donors (Lipinski definition) is 0. The van der Waals surface area contributed by atoms with Crippen molar-refractivity contribution in [3.63, 3.8) is 0 Å². The summed E-state index contributed by atoms with van der Waals surface area (Å²) in [5.74, 6) is 2.52. The standard InChI is InChI=1S/C17H22N6/c1-12-13(2)20-21-17(15(12)11-18)23-7-4-14(5-8-23)10-16-19-6-9-22(16)3/h6,9,14H,4-5,7-8,10H2,1-3H3. The Kier molecular flexibility index (Phi) is 4.28. The Morgan fingerprint density at radius 1 is 1.26 bits per heavy atom. The average molecular weight is 310 g/mol. The van der Waals surface area contributed by atoms with E-state index < -0.39 is 0 Å². The minimum Gasteiger partial charge on any atom is -0.354 e. The van der Waals surface area contributed by atoms with Crippen LogP contribution in [-0.4, -0.2) is 32.8 Å². The van der Waals surface area contributed by atoms with Crippen molar-refractivity contribution >= 4 is 5.82 Å². The Hall–Kier alpha value is -2.42. The highest BCUT2D eigenvalue weighted by Gasteiger charge is 2.24. The lowest BCUT2D eigenvalue weighted by Crippen LogP contribution is -2.36.